The molecule has 44 heavy (non-hydrogen) atoms. The molecule has 0 saturated heterocycles. The fraction of sp³-hybridized carbons (Fsp3) is 0. The van der Waals surface area contributed by atoms with Gasteiger partial charge < -0.3 is 10.0 Å². The summed E-state index contributed by atoms with van der Waals surface area (Å²) in [5.41, 5.74) is 3.91. The SMILES string of the molecule is O=C1C(=O)/C(=C2/C=CC(=[N+](c3ccccc3)c3ccccc3)S2)C(O)=C1c1ccc(N(c2ccccc2)c2ccccc2)s1. The summed E-state index contributed by atoms with van der Waals surface area (Å²) in [6.45, 7) is 0. The summed E-state index contributed by atoms with van der Waals surface area (Å²) in [6.07, 6.45) is 3.71. The minimum atomic E-state index is -0.699. The molecular weight excluding hydrogens is 585 g/mol. The highest BCUT2D eigenvalue weighted by atomic mass is 32.2. The van der Waals surface area contributed by atoms with Crippen LogP contribution in [0.1, 0.15) is 4.88 Å². The third-order valence-electron chi connectivity index (χ3n) is 7.31. The minimum absolute atomic E-state index is 0.0419. The van der Waals surface area contributed by atoms with Crippen molar-refractivity contribution in [1.29, 1.82) is 0 Å². The van der Waals surface area contributed by atoms with E-state index in [1.54, 1.807) is 12.1 Å². The average Bonchev–Trinajstić information content (AvgIpc) is 3.79. The number of Topliss-reactive ketones (excluding diaryl/α,β-unsaturated/α-hetero) is 2. The normalized spacial score (nSPS) is 16.2. The Morgan fingerprint density at radius 2 is 1.07 bits per heavy atom. The summed E-state index contributed by atoms with van der Waals surface area (Å²) in [5.74, 6) is -1.68. The minimum Gasteiger partial charge on any atom is -0.506 e. The molecule has 2 aliphatic rings. The highest BCUT2D eigenvalue weighted by molar-refractivity contribution is 8.18. The lowest BCUT2D eigenvalue weighted by Crippen LogP contribution is -2.12. The van der Waals surface area contributed by atoms with Crippen molar-refractivity contribution in [2.45, 2.75) is 0 Å². The quantitative estimate of drug-likeness (QED) is 0.118. The molecule has 1 aliphatic carbocycles. The van der Waals surface area contributed by atoms with Gasteiger partial charge in [-0.2, -0.15) is 0 Å². The fourth-order valence-electron chi connectivity index (χ4n) is 5.30. The largest absolute Gasteiger partial charge is 0.506 e. The van der Waals surface area contributed by atoms with Gasteiger partial charge in [0.05, 0.1) is 11.1 Å². The Morgan fingerprint density at radius 1 is 0.568 bits per heavy atom. The Balaban J connectivity index is 1.29. The highest BCUT2D eigenvalue weighted by Gasteiger charge is 2.41. The van der Waals surface area contributed by atoms with E-state index >= 15 is 0 Å². The van der Waals surface area contributed by atoms with Crippen molar-refractivity contribution >= 4 is 73.0 Å². The molecule has 0 fully saturated rings. The molecule has 0 saturated carbocycles. The van der Waals surface area contributed by atoms with Crippen LogP contribution in [0, 0.1) is 0 Å². The third-order valence-corrected chi connectivity index (χ3v) is 9.48. The van der Waals surface area contributed by atoms with Gasteiger partial charge in [0.25, 0.3) is 5.04 Å². The van der Waals surface area contributed by atoms with Crippen LogP contribution >= 0.6 is 23.1 Å². The number of aliphatic hydroxyl groups is 1. The number of hydrogen-bond donors (Lipinski definition) is 1. The molecule has 2 heterocycles. The van der Waals surface area contributed by atoms with Crippen LogP contribution in [0.5, 0.6) is 0 Å². The molecule has 0 atom stereocenters. The van der Waals surface area contributed by atoms with Crippen LogP contribution in [-0.4, -0.2) is 21.7 Å². The van der Waals surface area contributed by atoms with Crippen molar-refractivity contribution in [3.63, 3.8) is 0 Å². The van der Waals surface area contributed by atoms with Crippen molar-refractivity contribution < 1.29 is 14.7 Å². The number of para-hydroxylation sites is 4. The molecule has 0 spiro atoms. The number of benzene rings is 4. The van der Waals surface area contributed by atoms with Crippen molar-refractivity contribution in [2.24, 2.45) is 0 Å². The lowest BCUT2D eigenvalue weighted by molar-refractivity contribution is -0.130. The number of rotatable bonds is 6. The van der Waals surface area contributed by atoms with E-state index in [0.717, 1.165) is 32.8 Å². The van der Waals surface area contributed by atoms with Gasteiger partial charge >= 0.3 is 0 Å². The van der Waals surface area contributed by atoms with Crippen LogP contribution in [0.15, 0.2) is 162 Å². The van der Waals surface area contributed by atoms with Gasteiger partial charge in [-0.05, 0) is 54.2 Å². The molecule has 0 radical (unpaired) electrons. The number of nitrogens with zero attached hydrogens (tertiary/aromatic N) is 2. The number of carbonyl (C=O) groups excluding carboxylic acids is 2. The Labute approximate surface area is 263 Å². The Kier molecular flexibility index (Phi) is 7.40. The average molecular weight is 610 g/mol. The van der Waals surface area contributed by atoms with E-state index in [2.05, 4.69) is 9.48 Å². The van der Waals surface area contributed by atoms with E-state index in [-0.39, 0.29) is 16.9 Å². The van der Waals surface area contributed by atoms with Crippen molar-refractivity contribution in [3.8, 4) is 0 Å². The second-order valence-corrected chi connectivity index (χ2v) is 12.2. The zero-order valence-electron chi connectivity index (χ0n) is 23.3. The van der Waals surface area contributed by atoms with E-state index in [9.17, 15) is 14.7 Å². The molecule has 1 aliphatic heterocycles. The van der Waals surface area contributed by atoms with E-state index in [1.165, 1.54) is 23.1 Å². The first-order valence-electron chi connectivity index (χ1n) is 14.0. The molecule has 4 aromatic carbocycles. The smallest absolute Gasteiger partial charge is 0.251 e. The van der Waals surface area contributed by atoms with Crippen LogP contribution in [-0.2, 0) is 9.59 Å². The third kappa shape index (κ3) is 5.02. The molecule has 7 rings (SSSR count). The van der Waals surface area contributed by atoms with Crippen LogP contribution in [0.3, 0.4) is 0 Å². The monoisotopic (exact) mass is 609 g/mol. The summed E-state index contributed by atoms with van der Waals surface area (Å²) in [7, 11) is 0. The van der Waals surface area contributed by atoms with E-state index in [4.69, 9.17) is 0 Å². The summed E-state index contributed by atoms with van der Waals surface area (Å²) in [5, 5.41) is 13.2. The fourth-order valence-corrected chi connectivity index (χ4v) is 7.49. The maximum atomic E-state index is 13.4. The van der Waals surface area contributed by atoms with Gasteiger partial charge in [-0.3, -0.25) is 9.59 Å². The van der Waals surface area contributed by atoms with Crippen LogP contribution in [0.25, 0.3) is 5.57 Å². The lowest BCUT2D eigenvalue weighted by Gasteiger charge is -2.23. The summed E-state index contributed by atoms with van der Waals surface area (Å²) >= 11 is 2.71. The molecule has 0 unspecified atom stereocenters. The number of allylic oxidation sites excluding steroid dienone is 3. The second-order valence-electron chi connectivity index (χ2n) is 10.0. The molecular formula is C37H25N2O3S2+. The first kappa shape index (κ1) is 27.6. The van der Waals surface area contributed by atoms with Gasteiger partial charge in [0.15, 0.2) is 0 Å². The number of thioether (sulfide) groups is 1. The van der Waals surface area contributed by atoms with Crippen molar-refractivity contribution in [2.75, 3.05) is 4.90 Å². The molecule has 7 heteroatoms. The Bertz CT molecular complexity index is 1930. The van der Waals surface area contributed by atoms with Crippen LogP contribution in [0.4, 0.5) is 27.8 Å². The van der Waals surface area contributed by atoms with Crippen LogP contribution in [0.2, 0.25) is 0 Å². The maximum Gasteiger partial charge on any atom is 0.251 e. The topological polar surface area (TPSA) is 60.6 Å². The van der Waals surface area contributed by atoms with Crippen LogP contribution < -0.4 is 9.48 Å². The number of anilines is 3. The summed E-state index contributed by atoms with van der Waals surface area (Å²) in [6, 6.07) is 43.5. The summed E-state index contributed by atoms with van der Waals surface area (Å²) in [4.78, 5) is 30.0. The molecule has 1 N–H and O–H groups in total. The first-order valence-corrected chi connectivity index (χ1v) is 15.6. The lowest BCUT2D eigenvalue weighted by atomic mass is 10.1. The zero-order chi connectivity index (χ0) is 30.0. The predicted octanol–water partition coefficient (Wildman–Crippen LogP) is 9.13. The number of thiophene rings is 1. The number of aliphatic hydroxyl groups excluding tert-OH is 1. The van der Waals surface area contributed by atoms with Gasteiger partial charge in [-0.15, -0.1) is 15.9 Å². The van der Waals surface area contributed by atoms with Gasteiger partial charge in [0.1, 0.15) is 10.8 Å². The second kappa shape index (κ2) is 11.8. The van der Waals surface area contributed by atoms with Crippen molar-refractivity contribution in [3.05, 3.63) is 167 Å². The molecule has 1 aromatic heterocycles. The predicted molar refractivity (Wildman–Crippen MR) is 182 cm³/mol. The van der Waals surface area contributed by atoms with Crippen molar-refractivity contribution in [1.82, 2.24) is 4.58 Å². The number of hydrogen-bond acceptors (Lipinski definition) is 6. The molecule has 5 nitrogen and oxygen atoms in total. The first-order chi connectivity index (χ1) is 21.6. The van der Waals surface area contributed by atoms with Gasteiger partial charge in [-0.1, -0.05) is 72.8 Å². The molecule has 5 aromatic rings. The molecule has 0 bridgehead atoms. The molecule has 0 amide bonds. The Morgan fingerprint density at radius 3 is 1.61 bits per heavy atom. The van der Waals surface area contributed by atoms with Gasteiger partial charge in [0.2, 0.25) is 22.9 Å². The van der Waals surface area contributed by atoms with E-state index in [0.29, 0.717) is 9.78 Å². The van der Waals surface area contributed by atoms with E-state index in [1.807, 2.05) is 133 Å². The molecule has 212 valence electrons. The van der Waals surface area contributed by atoms with Gasteiger partial charge in [-0.25, -0.2) is 0 Å². The number of carbonyl (C=O) groups is 2. The maximum absolute atomic E-state index is 13.4. The Hall–Kier alpha value is -5.24. The highest BCUT2D eigenvalue weighted by Crippen LogP contribution is 2.45. The number of ketones is 2. The zero-order valence-corrected chi connectivity index (χ0v) is 25.0. The van der Waals surface area contributed by atoms with Gasteiger partial charge in [0, 0.05) is 51.5 Å². The standard InChI is InChI=1S/C37H24N2O3S2/c40-35-33(29-21-23-31(43-29)38(25-13-5-1-6-14-25)26-15-7-2-8-16-26)36(41)37(42)34(35)30-22-24-32(44-30)39(27-17-9-3-10-18-27)28-19-11-4-12-20-28/h1-24H/p+1. The van der Waals surface area contributed by atoms with E-state index < -0.39 is 11.6 Å². The summed E-state index contributed by atoms with van der Waals surface area (Å²) < 4.78 is 2.09.